The van der Waals surface area contributed by atoms with E-state index in [0.717, 1.165) is 36.5 Å². The highest BCUT2D eigenvalue weighted by Crippen LogP contribution is 2.38. The third kappa shape index (κ3) is 3.52. The van der Waals surface area contributed by atoms with E-state index in [1.807, 2.05) is 25.1 Å². The van der Waals surface area contributed by atoms with Gasteiger partial charge in [-0.15, -0.1) is 0 Å². The Kier molecular flexibility index (Phi) is 5.31. The summed E-state index contributed by atoms with van der Waals surface area (Å²) in [6.07, 6.45) is 3.49. The maximum atomic E-state index is 6.34. The minimum atomic E-state index is 0.281. The molecule has 3 rings (SSSR count). The number of hydrogen-bond donors (Lipinski definition) is 0. The van der Waals surface area contributed by atoms with Crippen LogP contribution in [0.2, 0.25) is 5.02 Å². The molecule has 24 heavy (non-hydrogen) atoms. The molecule has 6 heteroatoms. The largest absolute Gasteiger partial charge is 0.493 e. The van der Waals surface area contributed by atoms with Gasteiger partial charge in [-0.05, 0) is 44.0 Å². The zero-order valence-corrected chi connectivity index (χ0v) is 15.1. The molecule has 1 aromatic carbocycles. The summed E-state index contributed by atoms with van der Waals surface area (Å²) in [5.74, 6) is 2.08. The number of nitrogens with zero attached hydrogens (tertiary/aromatic N) is 2. The fourth-order valence-corrected chi connectivity index (χ4v) is 3.67. The molecule has 0 saturated carbocycles. The quantitative estimate of drug-likeness (QED) is 0.800. The Bertz CT molecular complexity index is 702. The number of rotatable bonds is 5. The summed E-state index contributed by atoms with van der Waals surface area (Å²) in [6.45, 7) is 3.75. The van der Waals surface area contributed by atoms with E-state index < -0.39 is 0 Å². The minimum absolute atomic E-state index is 0.281. The van der Waals surface area contributed by atoms with Gasteiger partial charge in [0.1, 0.15) is 11.5 Å². The van der Waals surface area contributed by atoms with Gasteiger partial charge in [0.15, 0.2) is 11.5 Å². The van der Waals surface area contributed by atoms with Crippen molar-refractivity contribution in [3.05, 3.63) is 40.2 Å². The Balaban J connectivity index is 1.84. The molecule has 1 saturated heterocycles. The second-order valence-corrected chi connectivity index (χ2v) is 6.56. The average molecular weight is 351 g/mol. The normalized spacial score (nSPS) is 18.6. The van der Waals surface area contributed by atoms with Gasteiger partial charge in [0.2, 0.25) is 0 Å². The van der Waals surface area contributed by atoms with E-state index in [-0.39, 0.29) is 6.04 Å². The summed E-state index contributed by atoms with van der Waals surface area (Å²) < 4.78 is 16.0. The van der Waals surface area contributed by atoms with Gasteiger partial charge in [-0.25, -0.2) is 0 Å². The Morgan fingerprint density at radius 2 is 2.08 bits per heavy atom. The number of halogens is 1. The lowest BCUT2D eigenvalue weighted by atomic mass is 9.98. The van der Waals surface area contributed by atoms with Crippen LogP contribution < -0.4 is 9.47 Å². The molecular formula is C18H23ClN2O3. The standard InChI is InChI=1S/C18H23ClN2O3/c1-12-8-15(20-24-12)16-6-4-5-7-21(16)11-13-9-14(19)18(23-3)17(10-13)22-2/h8-10,16H,4-7,11H2,1-3H3/t16-/m0/s1. The van der Waals surface area contributed by atoms with Crippen molar-refractivity contribution in [2.24, 2.45) is 0 Å². The van der Waals surface area contributed by atoms with Gasteiger partial charge >= 0.3 is 0 Å². The van der Waals surface area contributed by atoms with Crippen molar-refractivity contribution in [1.82, 2.24) is 10.1 Å². The zero-order chi connectivity index (χ0) is 17.1. The molecule has 0 bridgehead atoms. The molecule has 1 aliphatic heterocycles. The topological polar surface area (TPSA) is 47.7 Å². The van der Waals surface area contributed by atoms with E-state index in [0.29, 0.717) is 16.5 Å². The molecular weight excluding hydrogens is 328 g/mol. The third-order valence-corrected chi connectivity index (χ3v) is 4.76. The predicted molar refractivity (Wildman–Crippen MR) is 92.8 cm³/mol. The summed E-state index contributed by atoms with van der Waals surface area (Å²) in [5, 5.41) is 4.79. The van der Waals surface area contributed by atoms with Crippen LogP contribution in [-0.2, 0) is 6.54 Å². The highest BCUT2D eigenvalue weighted by atomic mass is 35.5. The molecule has 0 spiro atoms. The molecule has 130 valence electrons. The fraction of sp³-hybridized carbons (Fsp3) is 0.500. The SMILES string of the molecule is COc1cc(CN2CCCC[C@H]2c2cc(C)on2)cc(Cl)c1OC. The van der Waals surface area contributed by atoms with Gasteiger partial charge in [-0.3, -0.25) is 4.90 Å². The Hall–Kier alpha value is -1.72. The highest BCUT2D eigenvalue weighted by molar-refractivity contribution is 6.32. The molecule has 1 aliphatic rings. The molecule has 2 aromatic rings. The molecule has 2 heterocycles. The second kappa shape index (κ2) is 7.45. The summed E-state index contributed by atoms with van der Waals surface area (Å²) >= 11 is 6.34. The van der Waals surface area contributed by atoms with Gasteiger partial charge in [-0.1, -0.05) is 23.2 Å². The van der Waals surface area contributed by atoms with Crippen LogP contribution in [0.5, 0.6) is 11.5 Å². The van der Waals surface area contributed by atoms with Crippen LogP contribution in [0, 0.1) is 6.92 Å². The molecule has 1 aromatic heterocycles. The van der Waals surface area contributed by atoms with Crippen LogP contribution in [0.3, 0.4) is 0 Å². The maximum absolute atomic E-state index is 6.34. The van der Waals surface area contributed by atoms with Gasteiger partial charge in [-0.2, -0.15) is 0 Å². The molecule has 0 amide bonds. The number of benzene rings is 1. The van der Waals surface area contributed by atoms with Gasteiger partial charge in [0, 0.05) is 12.6 Å². The van der Waals surface area contributed by atoms with Crippen molar-refractivity contribution in [3.63, 3.8) is 0 Å². The molecule has 1 fully saturated rings. The van der Waals surface area contributed by atoms with Crippen molar-refractivity contribution >= 4 is 11.6 Å². The van der Waals surface area contributed by atoms with Crippen LogP contribution in [0.15, 0.2) is 22.7 Å². The van der Waals surface area contributed by atoms with E-state index in [9.17, 15) is 0 Å². The summed E-state index contributed by atoms with van der Waals surface area (Å²) in [5.41, 5.74) is 2.11. The number of ether oxygens (including phenoxy) is 2. The van der Waals surface area contributed by atoms with E-state index >= 15 is 0 Å². The Morgan fingerprint density at radius 3 is 2.75 bits per heavy atom. The van der Waals surface area contributed by atoms with E-state index in [4.69, 9.17) is 25.6 Å². The molecule has 0 unspecified atom stereocenters. The lowest BCUT2D eigenvalue weighted by molar-refractivity contribution is 0.133. The van der Waals surface area contributed by atoms with Crippen LogP contribution in [-0.4, -0.2) is 30.8 Å². The van der Waals surface area contributed by atoms with Crippen LogP contribution in [0.25, 0.3) is 0 Å². The van der Waals surface area contributed by atoms with Gasteiger partial charge in [0.05, 0.1) is 25.3 Å². The van der Waals surface area contributed by atoms with Crippen molar-refractivity contribution < 1.29 is 14.0 Å². The molecule has 1 atom stereocenters. The third-order valence-electron chi connectivity index (χ3n) is 4.48. The number of methoxy groups -OCH3 is 2. The first-order valence-corrected chi connectivity index (χ1v) is 8.58. The van der Waals surface area contributed by atoms with Crippen molar-refractivity contribution in [2.45, 2.75) is 38.8 Å². The molecule has 5 nitrogen and oxygen atoms in total. The number of aryl methyl sites for hydroxylation is 1. The van der Waals surface area contributed by atoms with Crippen LogP contribution >= 0.6 is 11.6 Å². The monoisotopic (exact) mass is 350 g/mol. The van der Waals surface area contributed by atoms with Gasteiger partial charge < -0.3 is 14.0 Å². The first-order chi connectivity index (χ1) is 11.6. The number of hydrogen-bond acceptors (Lipinski definition) is 5. The first kappa shape index (κ1) is 17.1. The first-order valence-electron chi connectivity index (χ1n) is 8.20. The maximum Gasteiger partial charge on any atom is 0.179 e. The van der Waals surface area contributed by atoms with E-state index in [1.165, 1.54) is 12.8 Å². The highest BCUT2D eigenvalue weighted by Gasteiger charge is 2.27. The molecule has 0 aliphatic carbocycles. The smallest absolute Gasteiger partial charge is 0.179 e. The second-order valence-electron chi connectivity index (χ2n) is 6.16. The number of piperidine rings is 1. The van der Waals surface area contributed by atoms with Crippen molar-refractivity contribution in [3.8, 4) is 11.5 Å². The number of aromatic nitrogens is 1. The van der Waals surface area contributed by atoms with Crippen LogP contribution in [0.4, 0.5) is 0 Å². The Labute approximate surface area is 147 Å². The Morgan fingerprint density at radius 1 is 1.25 bits per heavy atom. The van der Waals surface area contributed by atoms with Crippen molar-refractivity contribution in [2.75, 3.05) is 20.8 Å². The van der Waals surface area contributed by atoms with E-state index in [1.54, 1.807) is 14.2 Å². The van der Waals surface area contributed by atoms with Gasteiger partial charge in [0.25, 0.3) is 0 Å². The summed E-state index contributed by atoms with van der Waals surface area (Å²) in [6, 6.07) is 6.25. The zero-order valence-electron chi connectivity index (χ0n) is 14.3. The summed E-state index contributed by atoms with van der Waals surface area (Å²) in [4.78, 5) is 2.43. The predicted octanol–water partition coefficient (Wildman–Crippen LogP) is 4.38. The fourth-order valence-electron chi connectivity index (χ4n) is 3.36. The summed E-state index contributed by atoms with van der Waals surface area (Å²) in [7, 11) is 3.22. The van der Waals surface area contributed by atoms with E-state index in [2.05, 4.69) is 10.1 Å². The van der Waals surface area contributed by atoms with Crippen molar-refractivity contribution in [1.29, 1.82) is 0 Å². The van der Waals surface area contributed by atoms with Crippen LogP contribution in [0.1, 0.15) is 42.3 Å². The minimum Gasteiger partial charge on any atom is -0.493 e. The lowest BCUT2D eigenvalue weighted by Gasteiger charge is -2.34. The lowest BCUT2D eigenvalue weighted by Crippen LogP contribution is -2.33. The average Bonchev–Trinajstić information content (AvgIpc) is 3.01. The number of likely N-dealkylation sites (tertiary alicyclic amines) is 1. The molecule has 0 N–H and O–H groups in total. The molecule has 0 radical (unpaired) electrons.